The molecule has 6 N–H and O–H groups in total. The smallest absolute Gasteiger partial charge is 0.276 e. The Morgan fingerprint density at radius 2 is 1.04 bits per heavy atom. The van der Waals surface area contributed by atoms with Crippen LogP contribution in [0.4, 0.5) is 25.8 Å². The lowest BCUT2D eigenvalue weighted by atomic mass is 10.2. The van der Waals surface area contributed by atoms with Crippen LogP contribution in [0.3, 0.4) is 0 Å². The largest absolute Gasteiger partial charge is 0.354 e. The molecule has 0 saturated heterocycles. The number of carbonyl (C=O) groups is 2. The highest BCUT2D eigenvalue weighted by Crippen LogP contribution is 2.25. The first-order chi connectivity index (χ1) is 25.3. The van der Waals surface area contributed by atoms with Crippen LogP contribution in [-0.4, -0.2) is 56.1 Å². The van der Waals surface area contributed by atoms with E-state index in [-0.39, 0.29) is 32.6 Å². The Balaban J connectivity index is 0.000000185. The number of fused-ring (bicyclic) bond motifs is 2. The number of H-pyrrole nitrogens is 2. The Kier molecular flexibility index (Phi) is 10.2. The SMILES string of the molecule is CNC(=O)c1n[nH]c2ccc(NS(=O)(=O)c3cccc(F)c3)cc12.O=C(Nc1ccccc1)c1n[nH]c2ccc(NS(=O)(=O)c3cccc(F)c3)cc12. The number of anilines is 3. The maximum atomic E-state index is 13.4. The molecule has 2 heterocycles. The standard InChI is InChI=1S/C20H15FN4O3S.C15H13FN4O3S/c21-13-5-4-8-16(11-13)29(27,28)25-15-9-10-18-17(12-15)19(24-23-18)20(26)22-14-6-2-1-3-7-14;1-17-15(21)14-12-8-10(5-6-13(12)18-19-14)20-24(22,23)11-4-2-3-9(16)7-11/h1-12,25H,(H,22,26)(H,23,24);2-8,20H,1H3,(H,17,21)(H,18,19). The maximum Gasteiger partial charge on any atom is 0.276 e. The number of amides is 2. The van der Waals surface area contributed by atoms with E-state index in [2.05, 4.69) is 40.5 Å². The van der Waals surface area contributed by atoms with Gasteiger partial charge in [0.15, 0.2) is 11.4 Å². The van der Waals surface area contributed by atoms with Crippen molar-refractivity contribution in [3.05, 3.63) is 138 Å². The summed E-state index contributed by atoms with van der Waals surface area (Å²) in [6.07, 6.45) is 0. The third kappa shape index (κ3) is 8.29. The van der Waals surface area contributed by atoms with Crippen molar-refractivity contribution in [2.24, 2.45) is 0 Å². The summed E-state index contributed by atoms with van der Waals surface area (Å²) in [5, 5.41) is 19.5. The first kappa shape index (κ1) is 36.1. The van der Waals surface area contributed by atoms with Crippen molar-refractivity contribution in [2.45, 2.75) is 9.79 Å². The number of hydrogen-bond donors (Lipinski definition) is 6. The molecular formula is C35H28F2N8O6S2. The van der Waals surface area contributed by atoms with Crippen LogP contribution in [0.1, 0.15) is 21.0 Å². The number of hydrogen-bond acceptors (Lipinski definition) is 8. The second kappa shape index (κ2) is 14.9. The molecule has 0 radical (unpaired) electrons. The number of aromatic amines is 2. The Labute approximate surface area is 300 Å². The van der Waals surface area contributed by atoms with Gasteiger partial charge in [0.25, 0.3) is 31.9 Å². The molecule has 0 atom stereocenters. The van der Waals surface area contributed by atoms with Crippen molar-refractivity contribution in [3.8, 4) is 0 Å². The molecule has 0 aliphatic heterocycles. The number of sulfonamides is 2. The summed E-state index contributed by atoms with van der Waals surface area (Å²) in [7, 11) is -6.47. The summed E-state index contributed by atoms with van der Waals surface area (Å²) in [6.45, 7) is 0. The Bertz CT molecular complexity index is 2700. The molecule has 0 aliphatic carbocycles. The zero-order valence-electron chi connectivity index (χ0n) is 27.4. The average molecular weight is 759 g/mol. The van der Waals surface area contributed by atoms with Crippen molar-refractivity contribution < 1.29 is 35.2 Å². The van der Waals surface area contributed by atoms with Gasteiger partial charge in [-0.1, -0.05) is 30.3 Å². The minimum atomic E-state index is -3.99. The number of halogens is 2. The van der Waals surface area contributed by atoms with Crippen LogP contribution in [0.2, 0.25) is 0 Å². The fourth-order valence-corrected chi connectivity index (χ4v) is 7.19. The molecule has 7 aromatic rings. The van der Waals surface area contributed by atoms with Crippen LogP contribution in [0, 0.1) is 11.6 Å². The lowest BCUT2D eigenvalue weighted by Crippen LogP contribution is -2.18. The number of rotatable bonds is 9. The molecule has 18 heteroatoms. The van der Waals surface area contributed by atoms with E-state index in [9.17, 15) is 35.2 Å². The van der Waals surface area contributed by atoms with Crippen molar-refractivity contribution in [2.75, 3.05) is 21.8 Å². The van der Waals surface area contributed by atoms with Gasteiger partial charge in [-0.05, 0) is 84.9 Å². The molecule has 2 amide bonds. The molecule has 53 heavy (non-hydrogen) atoms. The van der Waals surface area contributed by atoms with Gasteiger partial charge < -0.3 is 10.6 Å². The van der Waals surface area contributed by atoms with Gasteiger partial charge in [0.2, 0.25) is 0 Å². The minimum Gasteiger partial charge on any atom is -0.354 e. The van der Waals surface area contributed by atoms with Crippen molar-refractivity contribution in [1.29, 1.82) is 0 Å². The summed E-state index contributed by atoms with van der Waals surface area (Å²) >= 11 is 0. The van der Waals surface area contributed by atoms with Gasteiger partial charge in [0.1, 0.15) is 11.6 Å². The highest BCUT2D eigenvalue weighted by Gasteiger charge is 2.20. The van der Waals surface area contributed by atoms with E-state index in [1.54, 1.807) is 36.4 Å². The van der Waals surface area contributed by atoms with Crippen molar-refractivity contribution >= 4 is 70.7 Å². The monoisotopic (exact) mass is 758 g/mol. The van der Waals surface area contributed by atoms with Gasteiger partial charge in [0.05, 0.1) is 20.8 Å². The summed E-state index contributed by atoms with van der Waals surface area (Å²) in [5.41, 5.74) is 2.49. The molecule has 0 spiro atoms. The van der Waals surface area contributed by atoms with Crippen LogP contribution < -0.4 is 20.1 Å². The molecule has 0 aliphatic rings. The van der Waals surface area contributed by atoms with Crippen LogP contribution in [0.15, 0.2) is 125 Å². The van der Waals surface area contributed by atoms with E-state index in [1.165, 1.54) is 55.6 Å². The fraction of sp³-hybridized carbons (Fsp3) is 0.0286. The number of carbonyl (C=O) groups excluding carboxylic acids is 2. The molecule has 0 saturated carbocycles. The highest BCUT2D eigenvalue weighted by molar-refractivity contribution is 7.93. The third-order valence-electron chi connectivity index (χ3n) is 7.53. The van der Waals surface area contributed by atoms with E-state index in [4.69, 9.17) is 0 Å². The lowest BCUT2D eigenvalue weighted by Gasteiger charge is -2.08. The quantitative estimate of drug-likeness (QED) is 0.109. The molecule has 7 rings (SSSR count). The van der Waals surface area contributed by atoms with Gasteiger partial charge in [-0.3, -0.25) is 29.2 Å². The van der Waals surface area contributed by atoms with Gasteiger partial charge in [-0.2, -0.15) is 10.2 Å². The van der Waals surface area contributed by atoms with E-state index < -0.39 is 43.5 Å². The van der Waals surface area contributed by atoms with Crippen LogP contribution in [0.25, 0.3) is 21.8 Å². The zero-order valence-corrected chi connectivity index (χ0v) is 29.0. The molecule has 0 unspecified atom stereocenters. The fourth-order valence-electron chi connectivity index (χ4n) is 5.03. The summed E-state index contributed by atoms with van der Waals surface area (Å²) in [6, 6.07) is 27.5. The predicted molar refractivity (Wildman–Crippen MR) is 194 cm³/mol. The van der Waals surface area contributed by atoms with E-state index in [1.807, 2.05) is 6.07 Å². The number of para-hydroxylation sites is 1. The summed E-state index contributed by atoms with van der Waals surface area (Å²) < 4.78 is 81.0. The van der Waals surface area contributed by atoms with E-state index in [0.29, 0.717) is 27.5 Å². The number of nitrogens with zero attached hydrogens (tertiary/aromatic N) is 2. The zero-order chi connectivity index (χ0) is 37.8. The molecule has 5 aromatic carbocycles. The topological polar surface area (TPSA) is 208 Å². The summed E-state index contributed by atoms with van der Waals surface area (Å²) in [4.78, 5) is 23.9. The summed E-state index contributed by atoms with van der Waals surface area (Å²) in [5.74, 6) is -2.14. The Morgan fingerprint density at radius 1 is 0.566 bits per heavy atom. The highest BCUT2D eigenvalue weighted by atomic mass is 32.2. The molecule has 2 aromatic heterocycles. The Hall–Kier alpha value is -6.66. The molecule has 14 nitrogen and oxygen atoms in total. The van der Waals surface area contributed by atoms with Gasteiger partial charge >= 0.3 is 0 Å². The second-order valence-electron chi connectivity index (χ2n) is 11.2. The number of benzene rings is 5. The van der Waals surface area contributed by atoms with E-state index in [0.717, 1.165) is 24.3 Å². The predicted octanol–water partition coefficient (Wildman–Crippen LogP) is 5.62. The third-order valence-corrected chi connectivity index (χ3v) is 10.3. The second-order valence-corrected chi connectivity index (χ2v) is 14.6. The van der Waals surface area contributed by atoms with Crippen LogP contribution in [-0.2, 0) is 20.0 Å². The van der Waals surface area contributed by atoms with Crippen LogP contribution in [0.5, 0.6) is 0 Å². The molecule has 270 valence electrons. The van der Waals surface area contributed by atoms with Gasteiger partial charge in [-0.15, -0.1) is 0 Å². The molecule has 0 fully saturated rings. The van der Waals surface area contributed by atoms with Gasteiger partial charge in [0, 0.05) is 34.9 Å². The van der Waals surface area contributed by atoms with Gasteiger partial charge in [-0.25, -0.2) is 25.6 Å². The van der Waals surface area contributed by atoms with E-state index >= 15 is 0 Å². The molecule has 0 bridgehead atoms. The average Bonchev–Trinajstić information content (AvgIpc) is 3.76. The molecular weight excluding hydrogens is 731 g/mol. The normalized spacial score (nSPS) is 11.4. The van der Waals surface area contributed by atoms with Crippen LogP contribution >= 0.6 is 0 Å². The minimum absolute atomic E-state index is 0.121. The van der Waals surface area contributed by atoms with Crippen molar-refractivity contribution in [3.63, 3.8) is 0 Å². The first-order valence-corrected chi connectivity index (χ1v) is 18.4. The number of nitrogens with one attached hydrogen (secondary N) is 6. The first-order valence-electron chi connectivity index (χ1n) is 15.4. The Morgan fingerprint density at radius 3 is 1.49 bits per heavy atom. The van der Waals surface area contributed by atoms with Crippen molar-refractivity contribution in [1.82, 2.24) is 25.7 Å². The lowest BCUT2D eigenvalue weighted by molar-refractivity contribution is 0.0958. The maximum absolute atomic E-state index is 13.4. The number of aromatic nitrogens is 4.